The number of nitrogens with one attached hydrogen (secondary N) is 1. The van der Waals surface area contributed by atoms with Crippen LogP contribution in [-0.2, 0) is 13.1 Å². The number of rotatable bonds is 10. The lowest BCUT2D eigenvalue weighted by Crippen LogP contribution is -2.12. The van der Waals surface area contributed by atoms with Crippen LogP contribution in [0.1, 0.15) is 57.7 Å². The summed E-state index contributed by atoms with van der Waals surface area (Å²) < 4.78 is 2.27. The third-order valence-corrected chi connectivity index (χ3v) is 3.14. The molecule has 98 valence electrons. The van der Waals surface area contributed by atoms with Crippen LogP contribution in [0.4, 0.5) is 0 Å². The second kappa shape index (κ2) is 9.23. The van der Waals surface area contributed by atoms with Gasteiger partial charge in [0.15, 0.2) is 0 Å². The minimum absolute atomic E-state index is 0.865. The molecule has 0 aliphatic carbocycles. The quantitative estimate of drug-likeness (QED) is 0.632. The van der Waals surface area contributed by atoms with Crippen molar-refractivity contribution in [3.8, 4) is 0 Å². The van der Waals surface area contributed by atoms with Gasteiger partial charge < -0.3 is 9.88 Å². The first-order valence-corrected chi connectivity index (χ1v) is 7.03. The molecule has 1 heterocycles. The smallest absolute Gasteiger partial charge is 0.122 e. The molecule has 1 N–H and O–H groups in total. The van der Waals surface area contributed by atoms with Crippen molar-refractivity contribution in [1.82, 2.24) is 14.9 Å². The van der Waals surface area contributed by atoms with Crippen molar-refractivity contribution in [1.29, 1.82) is 0 Å². The minimum atomic E-state index is 0.865. The highest BCUT2D eigenvalue weighted by Gasteiger charge is 2.00. The summed E-state index contributed by atoms with van der Waals surface area (Å²) in [6.45, 7) is 4.25. The van der Waals surface area contributed by atoms with Crippen LogP contribution in [0.5, 0.6) is 0 Å². The molecule has 0 bridgehead atoms. The third-order valence-electron chi connectivity index (χ3n) is 3.14. The molecule has 0 saturated heterocycles. The van der Waals surface area contributed by atoms with E-state index in [4.69, 9.17) is 0 Å². The molecule has 0 fully saturated rings. The van der Waals surface area contributed by atoms with Crippen molar-refractivity contribution in [3.05, 3.63) is 18.2 Å². The standard InChI is InChI=1S/C14H27N3/c1-3-4-5-6-7-8-9-11-17-12-10-16-14(17)13-15-2/h10,12,15H,3-9,11,13H2,1-2H3. The van der Waals surface area contributed by atoms with Crippen molar-refractivity contribution >= 4 is 0 Å². The SMILES string of the molecule is CCCCCCCCCn1ccnc1CNC. The highest BCUT2D eigenvalue weighted by Crippen LogP contribution is 2.08. The van der Waals surface area contributed by atoms with Gasteiger partial charge in [0, 0.05) is 18.9 Å². The Hall–Kier alpha value is -0.830. The van der Waals surface area contributed by atoms with E-state index in [9.17, 15) is 0 Å². The molecule has 3 nitrogen and oxygen atoms in total. The van der Waals surface area contributed by atoms with Gasteiger partial charge in [-0.05, 0) is 13.5 Å². The van der Waals surface area contributed by atoms with Crippen LogP contribution in [0.25, 0.3) is 0 Å². The molecular formula is C14H27N3. The van der Waals surface area contributed by atoms with E-state index in [0.717, 1.165) is 18.9 Å². The molecule has 0 aliphatic rings. The lowest BCUT2D eigenvalue weighted by atomic mass is 10.1. The summed E-state index contributed by atoms with van der Waals surface area (Å²) in [7, 11) is 1.97. The van der Waals surface area contributed by atoms with E-state index in [1.165, 1.54) is 44.9 Å². The summed E-state index contributed by atoms with van der Waals surface area (Å²) >= 11 is 0. The molecule has 1 aromatic heterocycles. The van der Waals surface area contributed by atoms with Crippen LogP contribution in [0, 0.1) is 0 Å². The highest BCUT2D eigenvalue weighted by molar-refractivity contribution is 4.91. The fourth-order valence-electron chi connectivity index (χ4n) is 2.11. The zero-order valence-electron chi connectivity index (χ0n) is 11.4. The van der Waals surface area contributed by atoms with Crippen molar-refractivity contribution in [2.24, 2.45) is 0 Å². The van der Waals surface area contributed by atoms with E-state index < -0.39 is 0 Å². The maximum absolute atomic E-state index is 4.35. The summed E-state index contributed by atoms with van der Waals surface area (Å²) in [5.74, 6) is 1.15. The molecule has 1 rings (SSSR count). The average Bonchev–Trinajstić information content (AvgIpc) is 2.76. The molecule has 0 spiro atoms. The molecule has 0 atom stereocenters. The number of unbranched alkanes of at least 4 members (excludes halogenated alkanes) is 6. The maximum atomic E-state index is 4.35. The number of aromatic nitrogens is 2. The van der Waals surface area contributed by atoms with Gasteiger partial charge in [-0.3, -0.25) is 0 Å². The number of hydrogen-bond donors (Lipinski definition) is 1. The summed E-state index contributed by atoms with van der Waals surface area (Å²) in [5, 5.41) is 3.15. The number of imidazole rings is 1. The third kappa shape index (κ3) is 5.87. The number of nitrogens with zero attached hydrogens (tertiary/aromatic N) is 2. The molecule has 3 heteroatoms. The second-order valence-corrected chi connectivity index (χ2v) is 4.69. The first-order valence-electron chi connectivity index (χ1n) is 7.03. The summed E-state index contributed by atoms with van der Waals surface area (Å²) in [6.07, 6.45) is 13.5. The van der Waals surface area contributed by atoms with Gasteiger partial charge in [-0.2, -0.15) is 0 Å². The largest absolute Gasteiger partial charge is 0.334 e. The topological polar surface area (TPSA) is 29.9 Å². The number of aryl methyl sites for hydroxylation is 1. The van der Waals surface area contributed by atoms with E-state index in [1.807, 2.05) is 13.2 Å². The van der Waals surface area contributed by atoms with Gasteiger partial charge in [0.05, 0.1) is 6.54 Å². The van der Waals surface area contributed by atoms with Crippen LogP contribution in [-0.4, -0.2) is 16.6 Å². The van der Waals surface area contributed by atoms with Crippen molar-refractivity contribution in [2.45, 2.75) is 65.0 Å². The molecule has 0 radical (unpaired) electrons. The molecule has 0 aromatic carbocycles. The summed E-state index contributed by atoms with van der Waals surface area (Å²) in [4.78, 5) is 4.35. The lowest BCUT2D eigenvalue weighted by molar-refractivity contribution is 0.535. The van der Waals surface area contributed by atoms with Gasteiger partial charge in [-0.25, -0.2) is 4.98 Å². The van der Waals surface area contributed by atoms with Crippen molar-refractivity contribution < 1.29 is 0 Å². The van der Waals surface area contributed by atoms with Crippen molar-refractivity contribution in [3.63, 3.8) is 0 Å². The molecular weight excluding hydrogens is 210 g/mol. The van der Waals surface area contributed by atoms with E-state index >= 15 is 0 Å². The van der Waals surface area contributed by atoms with Crippen LogP contribution < -0.4 is 5.32 Å². The van der Waals surface area contributed by atoms with Gasteiger partial charge in [-0.15, -0.1) is 0 Å². The van der Waals surface area contributed by atoms with E-state index in [1.54, 1.807) is 0 Å². The Bertz CT molecular complexity index is 281. The fourth-order valence-corrected chi connectivity index (χ4v) is 2.11. The second-order valence-electron chi connectivity index (χ2n) is 4.69. The Morgan fingerprint density at radius 3 is 2.53 bits per heavy atom. The Kier molecular flexibility index (Phi) is 7.72. The van der Waals surface area contributed by atoms with Gasteiger partial charge in [0.1, 0.15) is 5.82 Å². The zero-order valence-corrected chi connectivity index (χ0v) is 11.4. The Labute approximate surface area is 106 Å². The molecule has 1 aromatic rings. The van der Waals surface area contributed by atoms with Crippen LogP contribution in [0.15, 0.2) is 12.4 Å². The minimum Gasteiger partial charge on any atom is -0.334 e. The van der Waals surface area contributed by atoms with Gasteiger partial charge in [0.2, 0.25) is 0 Å². The Morgan fingerprint density at radius 1 is 1.12 bits per heavy atom. The normalized spacial score (nSPS) is 10.9. The molecule has 0 amide bonds. The average molecular weight is 237 g/mol. The van der Waals surface area contributed by atoms with Gasteiger partial charge in [0.25, 0.3) is 0 Å². The summed E-state index contributed by atoms with van der Waals surface area (Å²) in [5.41, 5.74) is 0. The monoisotopic (exact) mass is 237 g/mol. The molecule has 0 saturated carbocycles. The predicted octanol–water partition coefficient (Wildman–Crippen LogP) is 3.35. The van der Waals surface area contributed by atoms with Crippen LogP contribution in [0.2, 0.25) is 0 Å². The zero-order chi connectivity index (χ0) is 12.3. The lowest BCUT2D eigenvalue weighted by Gasteiger charge is -2.07. The molecule has 0 unspecified atom stereocenters. The molecule has 17 heavy (non-hydrogen) atoms. The van der Waals surface area contributed by atoms with Crippen LogP contribution in [0.3, 0.4) is 0 Å². The van der Waals surface area contributed by atoms with Gasteiger partial charge in [-0.1, -0.05) is 45.4 Å². The van der Waals surface area contributed by atoms with E-state index in [0.29, 0.717) is 0 Å². The fraction of sp³-hybridized carbons (Fsp3) is 0.786. The number of hydrogen-bond acceptors (Lipinski definition) is 2. The first-order chi connectivity index (χ1) is 8.38. The Balaban J connectivity index is 2.07. The Morgan fingerprint density at radius 2 is 1.82 bits per heavy atom. The summed E-state index contributed by atoms with van der Waals surface area (Å²) in [6, 6.07) is 0. The maximum Gasteiger partial charge on any atom is 0.122 e. The van der Waals surface area contributed by atoms with E-state index in [-0.39, 0.29) is 0 Å². The van der Waals surface area contributed by atoms with E-state index in [2.05, 4.69) is 28.0 Å². The predicted molar refractivity (Wildman–Crippen MR) is 73.0 cm³/mol. The molecule has 0 aliphatic heterocycles. The van der Waals surface area contributed by atoms with Crippen molar-refractivity contribution in [2.75, 3.05) is 7.05 Å². The van der Waals surface area contributed by atoms with Crippen LogP contribution >= 0.6 is 0 Å². The van der Waals surface area contributed by atoms with Gasteiger partial charge >= 0.3 is 0 Å². The highest BCUT2D eigenvalue weighted by atomic mass is 15.1. The first kappa shape index (κ1) is 14.2.